The van der Waals surface area contributed by atoms with E-state index in [0.29, 0.717) is 0 Å². The summed E-state index contributed by atoms with van der Waals surface area (Å²) in [5, 5.41) is 3.47. The van der Waals surface area contributed by atoms with Gasteiger partial charge in [0.25, 0.3) is 0 Å². The number of likely N-dealkylation sites (N-methyl/N-ethyl adjacent to an activating group) is 1. The fourth-order valence-electron chi connectivity index (χ4n) is 3.46. The zero-order valence-electron chi connectivity index (χ0n) is 11.8. The summed E-state index contributed by atoms with van der Waals surface area (Å²) >= 11 is 0. The molecule has 1 aliphatic rings. The number of halogens is 2. The van der Waals surface area contributed by atoms with Crippen molar-refractivity contribution in [2.45, 2.75) is 57.4 Å². The molecule has 0 bridgehead atoms. The highest BCUT2D eigenvalue weighted by Gasteiger charge is 2.39. The lowest BCUT2D eigenvalue weighted by atomic mass is 9.65. The van der Waals surface area contributed by atoms with Crippen LogP contribution in [0.2, 0.25) is 0 Å². The molecule has 0 saturated heterocycles. The van der Waals surface area contributed by atoms with Crippen LogP contribution in [0.5, 0.6) is 0 Å². The van der Waals surface area contributed by atoms with Gasteiger partial charge >= 0.3 is 0 Å². The van der Waals surface area contributed by atoms with E-state index in [4.69, 9.17) is 0 Å². The highest BCUT2D eigenvalue weighted by molar-refractivity contribution is 5.29. The molecule has 1 N–H and O–H groups in total. The van der Waals surface area contributed by atoms with Gasteiger partial charge in [-0.3, -0.25) is 0 Å². The first-order valence-electron chi connectivity index (χ1n) is 7.29. The summed E-state index contributed by atoms with van der Waals surface area (Å²) in [5.74, 6) is -1.49. The van der Waals surface area contributed by atoms with Crippen molar-refractivity contribution in [3.8, 4) is 0 Å². The minimum Gasteiger partial charge on any atom is -0.314 e. The molecule has 0 aromatic heterocycles. The van der Waals surface area contributed by atoms with E-state index in [1.165, 1.54) is 18.6 Å². The summed E-state index contributed by atoms with van der Waals surface area (Å²) in [6.45, 7) is 5.14. The van der Waals surface area contributed by atoms with Gasteiger partial charge in [0.1, 0.15) is 0 Å². The lowest BCUT2D eigenvalue weighted by Gasteiger charge is -2.43. The molecule has 0 heterocycles. The van der Waals surface area contributed by atoms with Gasteiger partial charge in [0, 0.05) is 11.5 Å². The van der Waals surface area contributed by atoms with Gasteiger partial charge < -0.3 is 5.32 Å². The van der Waals surface area contributed by atoms with Crippen LogP contribution in [-0.2, 0) is 5.41 Å². The first-order chi connectivity index (χ1) is 9.10. The van der Waals surface area contributed by atoms with E-state index in [-0.39, 0.29) is 11.5 Å². The average molecular weight is 267 g/mol. The van der Waals surface area contributed by atoms with Gasteiger partial charge in [-0.05, 0) is 44.0 Å². The van der Waals surface area contributed by atoms with Crippen LogP contribution in [0.3, 0.4) is 0 Å². The smallest absolute Gasteiger partial charge is 0.159 e. The standard InChI is InChI=1S/C16H23F2N/c1-3-19-12(2)16(9-5-4-6-10-16)13-7-8-14(17)15(18)11-13/h7-8,11-12,19H,3-6,9-10H2,1-2H3. The van der Waals surface area contributed by atoms with Crippen molar-refractivity contribution in [3.63, 3.8) is 0 Å². The highest BCUT2D eigenvalue weighted by Crippen LogP contribution is 2.42. The van der Waals surface area contributed by atoms with Gasteiger partial charge in [0.2, 0.25) is 0 Å². The van der Waals surface area contributed by atoms with Crippen molar-refractivity contribution in [2.75, 3.05) is 6.54 Å². The molecule has 106 valence electrons. The fraction of sp³-hybridized carbons (Fsp3) is 0.625. The Morgan fingerprint density at radius 2 is 1.84 bits per heavy atom. The Morgan fingerprint density at radius 3 is 2.42 bits per heavy atom. The molecule has 0 spiro atoms. The third-order valence-electron chi connectivity index (χ3n) is 4.58. The SMILES string of the molecule is CCNC(C)C1(c2ccc(F)c(F)c2)CCCCC1. The molecule has 0 aliphatic heterocycles. The quantitative estimate of drug-likeness (QED) is 0.863. The summed E-state index contributed by atoms with van der Waals surface area (Å²) in [7, 11) is 0. The number of hydrogen-bond donors (Lipinski definition) is 1. The predicted octanol–water partition coefficient (Wildman–Crippen LogP) is 4.16. The molecule has 1 nitrogen and oxygen atoms in total. The molecule has 2 rings (SSSR count). The number of rotatable bonds is 4. The summed E-state index contributed by atoms with van der Waals surface area (Å²) in [5.41, 5.74) is 0.891. The van der Waals surface area contributed by atoms with Crippen LogP contribution in [0.15, 0.2) is 18.2 Å². The lowest BCUT2D eigenvalue weighted by Crippen LogP contribution is -2.48. The van der Waals surface area contributed by atoms with Crippen LogP contribution in [0.4, 0.5) is 8.78 Å². The third-order valence-corrected chi connectivity index (χ3v) is 4.58. The van der Waals surface area contributed by atoms with Crippen LogP contribution < -0.4 is 5.32 Å². The van der Waals surface area contributed by atoms with E-state index in [0.717, 1.165) is 37.8 Å². The second-order valence-corrected chi connectivity index (χ2v) is 5.63. The molecule has 1 saturated carbocycles. The topological polar surface area (TPSA) is 12.0 Å². The molecule has 3 heteroatoms. The largest absolute Gasteiger partial charge is 0.314 e. The van der Waals surface area contributed by atoms with Gasteiger partial charge in [-0.1, -0.05) is 32.3 Å². The van der Waals surface area contributed by atoms with Gasteiger partial charge in [0.15, 0.2) is 11.6 Å². The van der Waals surface area contributed by atoms with E-state index in [1.54, 1.807) is 6.07 Å². The zero-order valence-corrected chi connectivity index (χ0v) is 11.8. The van der Waals surface area contributed by atoms with Crippen LogP contribution in [-0.4, -0.2) is 12.6 Å². The molecule has 0 radical (unpaired) electrons. The Morgan fingerprint density at radius 1 is 1.16 bits per heavy atom. The van der Waals surface area contributed by atoms with Crippen molar-refractivity contribution >= 4 is 0 Å². The van der Waals surface area contributed by atoms with Gasteiger partial charge in [-0.25, -0.2) is 8.78 Å². The van der Waals surface area contributed by atoms with Crippen LogP contribution >= 0.6 is 0 Å². The maximum atomic E-state index is 13.6. The molecule has 19 heavy (non-hydrogen) atoms. The Hall–Kier alpha value is -0.960. The van der Waals surface area contributed by atoms with Crippen LogP contribution in [0, 0.1) is 11.6 Å². The van der Waals surface area contributed by atoms with Crippen LogP contribution in [0.1, 0.15) is 51.5 Å². The normalized spacial score (nSPS) is 20.2. The van der Waals surface area contributed by atoms with Crippen molar-refractivity contribution in [3.05, 3.63) is 35.4 Å². The van der Waals surface area contributed by atoms with Crippen molar-refractivity contribution in [2.24, 2.45) is 0 Å². The molecule has 1 unspecified atom stereocenters. The van der Waals surface area contributed by atoms with E-state index in [9.17, 15) is 8.78 Å². The van der Waals surface area contributed by atoms with Crippen molar-refractivity contribution < 1.29 is 8.78 Å². The minimum absolute atomic E-state index is 0.0528. The first kappa shape index (κ1) is 14.4. The second-order valence-electron chi connectivity index (χ2n) is 5.63. The Balaban J connectivity index is 2.38. The summed E-state index contributed by atoms with van der Waals surface area (Å²) in [6.07, 6.45) is 5.66. The monoisotopic (exact) mass is 267 g/mol. The molecule has 0 amide bonds. The molecule has 1 aliphatic carbocycles. The summed E-state index contributed by atoms with van der Waals surface area (Å²) < 4.78 is 26.7. The van der Waals surface area contributed by atoms with E-state index >= 15 is 0 Å². The maximum absolute atomic E-state index is 13.6. The Labute approximate surface area is 114 Å². The van der Waals surface area contributed by atoms with Gasteiger partial charge in [0.05, 0.1) is 0 Å². The highest BCUT2D eigenvalue weighted by atomic mass is 19.2. The minimum atomic E-state index is -0.759. The third kappa shape index (κ3) is 2.81. The zero-order chi connectivity index (χ0) is 13.9. The molecular formula is C16H23F2N. The molecule has 1 aromatic rings. The van der Waals surface area contributed by atoms with Crippen molar-refractivity contribution in [1.29, 1.82) is 0 Å². The first-order valence-corrected chi connectivity index (χ1v) is 7.29. The summed E-state index contributed by atoms with van der Waals surface area (Å²) in [4.78, 5) is 0. The van der Waals surface area contributed by atoms with E-state index in [2.05, 4.69) is 19.2 Å². The maximum Gasteiger partial charge on any atom is 0.159 e. The van der Waals surface area contributed by atoms with Crippen LogP contribution in [0.25, 0.3) is 0 Å². The molecule has 1 atom stereocenters. The second kappa shape index (κ2) is 6.00. The number of hydrogen-bond acceptors (Lipinski definition) is 1. The molecular weight excluding hydrogens is 244 g/mol. The van der Waals surface area contributed by atoms with E-state index in [1.807, 2.05) is 0 Å². The Bertz CT molecular complexity index is 425. The average Bonchev–Trinajstić information content (AvgIpc) is 2.43. The lowest BCUT2D eigenvalue weighted by molar-refractivity contribution is 0.224. The van der Waals surface area contributed by atoms with Gasteiger partial charge in [-0.2, -0.15) is 0 Å². The summed E-state index contributed by atoms with van der Waals surface area (Å²) in [6, 6.07) is 4.70. The van der Waals surface area contributed by atoms with E-state index < -0.39 is 11.6 Å². The number of benzene rings is 1. The number of nitrogens with one attached hydrogen (secondary N) is 1. The van der Waals surface area contributed by atoms with Crippen molar-refractivity contribution in [1.82, 2.24) is 5.32 Å². The van der Waals surface area contributed by atoms with Gasteiger partial charge in [-0.15, -0.1) is 0 Å². The Kier molecular flexibility index (Phi) is 4.56. The predicted molar refractivity (Wildman–Crippen MR) is 74.3 cm³/mol. The fourth-order valence-corrected chi connectivity index (χ4v) is 3.46. The molecule has 1 fully saturated rings. The molecule has 1 aromatic carbocycles.